The molecule has 3 aromatic rings. The van der Waals surface area contributed by atoms with Gasteiger partial charge in [0.25, 0.3) is 0 Å². The largest absolute Gasteiger partial charge is 0.494 e. The van der Waals surface area contributed by atoms with Gasteiger partial charge < -0.3 is 4.74 Å². The minimum Gasteiger partial charge on any atom is -0.494 e. The van der Waals surface area contributed by atoms with E-state index < -0.39 is 0 Å². The number of hydrogen-bond donors (Lipinski definition) is 1. The number of aromatic nitrogens is 3. The third kappa shape index (κ3) is 4.52. The van der Waals surface area contributed by atoms with Crippen LogP contribution in [0.5, 0.6) is 5.75 Å². The summed E-state index contributed by atoms with van der Waals surface area (Å²) in [5, 5.41) is 11.6. The van der Waals surface area contributed by atoms with E-state index in [4.69, 9.17) is 17.0 Å². The predicted octanol–water partition coefficient (Wildman–Crippen LogP) is 5.19. The molecule has 0 fully saturated rings. The van der Waals surface area contributed by atoms with Crippen molar-refractivity contribution in [1.29, 1.82) is 0 Å². The third-order valence-corrected chi connectivity index (χ3v) is 4.44. The van der Waals surface area contributed by atoms with Gasteiger partial charge in [0, 0.05) is 5.56 Å². The predicted molar refractivity (Wildman–Crippen MR) is 112 cm³/mol. The monoisotopic (exact) mass is 380 g/mol. The van der Waals surface area contributed by atoms with Gasteiger partial charge in [-0.3, -0.25) is 0 Å². The summed E-state index contributed by atoms with van der Waals surface area (Å²) in [6, 6.07) is 16.1. The Morgan fingerprint density at radius 1 is 1.11 bits per heavy atom. The lowest BCUT2D eigenvalue weighted by Crippen LogP contribution is -2.10. The molecule has 0 unspecified atom stereocenters. The molecule has 0 saturated carbocycles. The fourth-order valence-electron chi connectivity index (χ4n) is 2.65. The van der Waals surface area contributed by atoms with Crippen LogP contribution in [0, 0.1) is 4.77 Å². The number of nitrogens with one attached hydrogen (secondary N) is 1. The molecule has 0 atom stereocenters. The van der Waals surface area contributed by atoms with Crippen molar-refractivity contribution in [3.8, 4) is 17.1 Å². The maximum absolute atomic E-state index is 5.49. The number of hydrogen-bond acceptors (Lipinski definition) is 4. The van der Waals surface area contributed by atoms with Crippen molar-refractivity contribution in [2.45, 2.75) is 33.1 Å². The summed E-state index contributed by atoms with van der Waals surface area (Å²) in [5.74, 6) is 1.48. The molecule has 0 amide bonds. The zero-order valence-electron chi connectivity index (χ0n) is 16.1. The molecule has 0 aliphatic rings. The highest BCUT2D eigenvalue weighted by Gasteiger charge is 2.12. The molecule has 5 nitrogen and oxygen atoms in total. The quantitative estimate of drug-likeness (QED) is 0.490. The topological polar surface area (TPSA) is 55.2 Å². The van der Waals surface area contributed by atoms with E-state index in [9.17, 15) is 0 Å². The van der Waals surface area contributed by atoms with Crippen molar-refractivity contribution in [3.05, 3.63) is 64.4 Å². The van der Waals surface area contributed by atoms with Crippen LogP contribution in [0.3, 0.4) is 0 Å². The van der Waals surface area contributed by atoms with Crippen LogP contribution in [-0.4, -0.2) is 27.7 Å². The van der Waals surface area contributed by atoms with E-state index in [1.165, 1.54) is 5.56 Å². The maximum Gasteiger partial charge on any atom is 0.216 e. The van der Waals surface area contributed by atoms with Crippen LogP contribution in [0.25, 0.3) is 11.4 Å². The van der Waals surface area contributed by atoms with E-state index in [0.29, 0.717) is 17.2 Å². The number of benzene rings is 2. The number of rotatable bonds is 5. The zero-order valence-corrected chi connectivity index (χ0v) is 16.9. The average molecular weight is 381 g/mol. The minimum absolute atomic E-state index is 0.129. The molecule has 0 saturated heterocycles. The normalized spacial score (nSPS) is 11.9. The highest BCUT2D eigenvalue weighted by molar-refractivity contribution is 7.71. The van der Waals surface area contributed by atoms with Gasteiger partial charge in [-0.05, 0) is 59.9 Å². The van der Waals surface area contributed by atoms with Gasteiger partial charge in [0.05, 0.1) is 12.8 Å². The standard InChI is InChI=1S/C21H24N4OS/c1-5-26-18-12-8-16(9-13-18)19-23-24-20(27)25(19)22-14-15-6-10-17(11-7-15)21(2,3)4/h6-14H,5H2,1-4H3,(H,24,27). The molecule has 6 heteroatoms. The molecule has 1 heterocycles. The number of nitrogens with zero attached hydrogens (tertiary/aromatic N) is 3. The summed E-state index contributed by atoms with van der Waals surface area (Å²) in [7, 11) is 0. The Bertz CT molecular complexity index is 977. The first kappa shape index (κ1) is 19.0. The van der Waals surface area contributed by atoms with Crippen molar-refractivity contribution < 1.29 is 4.74 Å². The Morgan fingerprint density at radius 2 is 1.78 bits per heavy atom. The first-order valence-corrected chi connectivity index (χ1v) is 9.35. The molecular formula is C21H24N4OS. The summed E-state index contributed by atoms with van der Waals surface area (Å²) in [4.78, 5) is 0. The Balaban J connectivity index is 1.86. The smallest absolute Gasteiger partial charge is 0.216 e. The van der Waals surface area contributed by atoms with Gasteiger partial charge in [-0.2, -0.15) is 14.9 Å². The first-order chi connectivity index (χ1) is 12.9. The molecule has 3 rings (SSSR count). The zero-order chi connectivity index (χ0) is 19.4. The summed E-state index contributed by atoms with van der Waals surface area (Å²) >= 11 is 5.33. The van der Waals surface area contributed by atoms with Gasteiger partial charge >= 0.3 is 0 Å². The van der Waals surface area contributed by atoms with Crippen LogP contribution in [0.15, 0.2) is 53.6 Å². The molecule has 1 aromatic heterocycles. The lowest BCUT2D eigenvalue weighted by atomic mass is 9.87. The molecular weight excluding hydrogens is 356 g/mol. The van der Waals surface area contributed by atoms with Crippen LogP contribution < -0.4 is 4.74 Å². The maximum atomic E-state index is 5.49. The van der Waals surface area contributed by atoms with Gasteiger partial charge in [0.15, 0.2) is 5.82 Å². The van der Waals surface area contributed by atoms with Gasteiger partial charge in [0.1, 0.15) is 5.75 Å². The van der Waals surface area contributed by atoms with E-state index in [2.05, 4.69) is 60.3 Å². The first-order valence-electron chi connectivity index (χ1n) is 8.94. The van der Waals surface area contributed by atoms with Crippen molar-refractivity contribution in [2.24, 2.45) is 5.10 Å². The van der Waals surface area contributed by atoms with Crippen molar-refractivity contribution in [2.75, 3.05) is 6.61 Å². The van der Waals surface area contributed by atoms with Crippen LogP contribution in [0.2, 0.25) is 0 Å². The number of H-pyrrole nitrogens is 1. The van der Waals surface area contributed by atoms with Gasteiger partial charge in [0.2, 0.25) is 4.77 Å². The van der Waals surface area contributed by atoms with Gasteiger partial charge in [-0.15, -0.1) is 0 Å². The molecule has 140 valence electrons. The molecule has 0 aliphatic carbocycles. The molecule has 27 heavy (non-hydrogen) atoms. The summed E-state index contributed by atoms with van der Waals surface area (Å²) in [6.45, 7) is 9.19. The Morgan fingerprint density at radius 3 is 2.37 bits per heavy atom. The SMILES string of the molecule is CCOc1ccc(-c2n[nH]c(=S)n2N=Cc2ccc(C(C)(C)C)cc2)cc1. The van der Waals surface area contributed by atoms with Crippen molar-refractivity contribution in [3.63, 3.8) is 0 Å². The molecule has 0 aliphatic heterocycles. The van der Waals surface area contributed by atoms with Gasteiger partial charge in [-0.1, -0.05) is 45.0 Å². The third-order valence-electron chi connectivity index (χ3n) is 4.17. The molecule has 0 radical (unpaired) electrons. The van der Waals surface area contributed by atoms with E-state index >= 15 is 0 Å². The fourth-order valence-corrected chi connectivity index (χ4v) is 2.83. The molecule has 0 bridgehead atoms. The molecule has 1 N–H and O–H groups in total. The average Bonchev–Trinajstić information content (AvgIpc) is 3.01. The van der Waals surface area contributed by atoms with E-state index in [-0.39, 0.29) is 5.41 Å². The Kier molecular flexibility index (Phi) is 5.56. The molecule has 0 spiro atoms. The molecule has 2 aromatic carbocycles. The van der Waals surface area contributed by atoms with E-state index in [1.807, 2.05) is 31.2 Å². The van der Waals surface area contributed by atoms with Crippen LogP contribution >= 0.6 is 12.2 Å². The highest BCUT2D eigenvalue weighted by atomic mass is 32.1. The van der Waals surface area contributed by atoms with E-state index in [1.54, 1.807) is 10.9 Å². The van der Waals surface area contributed by atoms with Crippen LogP contribution in [0.1, 0.15) is 38.8 Å². The second kappa shape index (κ2) is 7.88. The summed E-state index contributed by atoms with van der Waals surface area (Å²) in [6.07, 6.45) is 1.79. The van der Waals surface area contributed by atoms with Crippen molar-refractivity contribution >= 4 is 18.4 Å². The van der Waals surface area contributed by atoms with Crippen LogP contribution in [0.4, 0.5) is 0 Å². The Hall–Kier alpha value is -2.73. The van der Waals surface area contributed by atoms with Crippen LogP contribution in [-0.2, 0) is 5.41 Å². The second-order valence-electron chi connectivity index (χ2n) is 7.24. The lowest BCUT2D eigenvalue weighted by molar-refractivity contribution is 0.340. The lowest BCUT2D eigenvalue weighted by Gasteiger charge is -2.18. The Labute approximate surface area is 164 Å². The number of aromatic amines is 1. The fraction of sp³-hybridized carbons (Fsp3) is 0.286. The minimum atomic E-state index is 0.129. The summed E-state index contributed by atoms with van der Waals surface area (Å²) < 4.78 is 7.56. The highest BCUT2D eigenvalue weighted by Crippen LogP contribution is 2.23. The summed E-state index contributed by atoms with van der Waals surface area (Å²) in [5.41, 5.74) is 3.33. The second-order valence-corrected chi connectivity index (χ2v) is 7.62. The van der Waals surface area contributed by atoms with E-state index in [0.717, 1.165) is 16.9 Å². The van der Waals surface area contributed by atoms with Crippen molar-refractivity contribution in [1.82, 2.24) is 14.9 Å². The van der Waals surface area contributed by atoms with Gasteiger partial charge in [-0.25, -0.2) is 5.10 Å². The number of ether oxygens (including phenoxy) is 1.